The van der Waals surface area contributed by atoms with Crippen molar-refractivity contribution in [3.63, 3.8) is 0 Å². The molecule has 0 aliphatic rings. The van der Waals surface area contributed by atoms with Gasteiger partial charge in [-0.05, 0) is 26.3 Å². The maximum Gasteiger partial charge on any atom is 0.0589 e. The molecule has 0 aromatic heterocycles. The molecular formula is C13H30N2O2. The van der Waals surface area contributed by atoms with E-state index in [2.05, 4.69) is 31.0 Å². The fourth-order valence-electron chi connectivity index (χ4n) is 1.89. The van der Waals surface area contributed by atoms with Gasteiger partial charge in [0.15, 0.2) is 0 Å². The van der Waals surface area contributed by atoms with Crippen molar-refractivity contribution < 1.29 is 9.84 Å². The van der Waals surface area contributed by atoms with Gasteiger partial charge in [-0.3, -0.25) is 4.90 Å². The molecule has 4 heteroatoms. The van der Waals surface area contributed by atoms with Crippen LogP contribution in [0.25, 0.3) is 0 Å². The number of nitrogens with one attached hydrogen (secondary N) is 1. The summed E-state index contributed by atoms with van der Waals surface area (Å²) in [6, 6.07) is 0.792. The predicted molar refractivity (Wildman–Crippen MR) is 72.4 cm³/mol. The number of hydrogen-bond acceptors (Lipinski definition) is 4. The Kier molecular flexibility index (Phi) is 10.9. The summed E-state index contributed by atoms with van der Waals surface area (Å²) in [5.41, 5.74) is 0. The number of aliphatic hydroxyl groups excluding tert-OH is 1. The van der Waals surface area contributed by atoms with Crippen LogP contribution in [0.3, 0.4) is 0 Å². The second-order valence-corrected chi connectivity index (χ2v) is 4.51. The quantitative estimate of drug-likeness (QED) is 0.573. The molecule has 0 amide bonds. The first-order chi connectivity index (χ1) is 8.19. The van der Waals surface area contributed by atoms with Crippen LogP contribution in [0.4, 0.5) is 0 Å². The zero-order chi connectivity index (χ0) is 13.1. The van der Waals surface area contributed by atoms with Gasteiger partial charge in [0.2, 0.25) is 0 Å². The number of methoxy groups -OCH3 is 1. The van der Waals surface area contributed by atoms with E-state index in [4.69, 9.17) is 4.74 Å². The highest BCUT2D eigenvalue weighted by Gasteiger charge is 2.14. The van der Waals surface area contributed by atoms with E-state index in [1.54, 1.807) is 7.11 Å². The maximum absolute atomic E-state index is 9.24. The molecule has 0 spiro atoms. The maximum atomic E-state index is 9.24. The smallest absolute Gasteiger partial charge is 0.0589 e. The van der Waals surface area contributed by atoms with Crippen molar-refractivity contribution in [2.24, 2.45) is 0 Å². The highest BCUT2D eigenvalue weighted by molar-refractivity contribution is 4.71. The number of aliphatic hydroxyl groups is 1. The van der Waals surface area contributed by atoms with Gasteiger partial charge in [0.1, 0.15) is 0 Å². The first-order valence-corrected chi connectivity index (χ1v) is 6.76. The van der Waals surface area contributed by atoms with Gasteiger partial charge in [0, 0.05) is 32.3 Å². The summed E-state index contributed by atoms with van der Waals surface area (Å²) in [7, 11) is 1.74. The van der Waals surface area contributed by atoms with Crippen LogP contribution in [0.5, 0.6) is 0 Å². The van der Waals surface area contributed by atoms with Crippen LogP contribution < -0.4 is 5.32 Å². The van der Waals surface area contributed by atoms with E-state index in [0.29, 0.717) is 6.04 Å². The Bertz CT molecular complexity index is 165. The Hall–Kier alpha value is -0.160. The van der Waals surface area contributed by atoms with E-state index in [9.17, 15) is 5.11 Å². The standard InChI is InChI=1S/C13H30N2O2/c1-5-12(3)15(9-10-17-4)8-7-13(11-16)14-6-2/h12-14,16H,5-11H2,1-4H3. The third-order valence-electron chi connectivity index (χ3n) is 3.27. The second-order valence-electron chi connectivity index (χ2n) is 4.51. The largest absolute Gasteiger partial charge is 0.395 e. The number of ether oxygens (including phenoxy) is 1. The molecule has 0 aliphatic heterocycles. The highest BCUT2D eigenvalue weighted by Crippen LogP contribution is 2.05. The first kappa shape index (κ1) is 16.8. The van der Waals surface area contributed by atoms with Crippen LogP contribution in [-0.4, -0.2) is 62.0 Å². The lowest BCUT2D eigenvalue weighted by molar-refractivity contribution is 0.115. The minimum atomic E-state index is 0.215. The number of hydrogen-bond donors (Lipinski definition) is 2. The normalized spacial score (nSPS) is 15.2. The second kappa shape index (κ2) is 11.0. The monoisotopic (exact) mass is 246 g/mol. The van der Waals surface area contributed by atoms with Gasteiger partial charge in [0.05, 0.1) is 13.2 Å². The van der Waals surface area contributed by atoms with Crippen LogP contribution >= 0.6 is 0 Å². The zero-order valence-electron chi connectivity index (χ0n) is 11.9. The lowest BCUT2D eigenvalue weighted by Gasteiger charge is -2.29. The molecule has 0 saturated carbocycles. The first-order valence-electron chi connectivity index (χ1n) is 6.76. The summed E-state index contributed by atoms with van der Waals surface area (Å²) in [6.07, 6.45) is 2.13. The Morgan fingerprint density at radius 2 is 2.00 bits per heavy atom. The van der Waals surface area contributed by atoms with Crippen LogP contribution in [-0.2, 0) is 4.74 Å². The van der Waals surface area contributed by atoms with Gasteiger partial charge >= 0.3 is 0 Å². The van der Waals surface area contributed by atoms with Gasteiger partial charge < -0.3 is 15.2 Å². The molecule has 2 unspecified atom stereocenters. The minimum absolute atomic E-state index is 0.215. The van der Waals surface area contributed by atoms with Crippen molar-refractivity contribution in [2.45, 2.75) is 45.7 Å². The van der Waals surface area contributed by atoms with Crippen LogP contribution in [0.1, 0.15) is 33.6 Å². The van der Waals surface area contributed by atoms with Crippen LogP contribution in [0.15, 0.2) is 0 Å². The Morgan fingerprint density at radius 1 is 1.29 bits per heavy atom. The molecule has 0 saturated heterocycles. The molecule has 104 valence electrons. The molecule has 0 aromatic carbocycles. The average Bonchev–Trinajstić information content (AvgIpc) is 2.36. The number of likely N-dealkylation sites (N-methyl/N-ethyl adjacent to an activating group) is 1. The molecule has 0 bridgehead atoms. The summed E-state index contributed by atoms with van der Waals surface area (Å²) < 4.78 is 5.14. The molecule has 0 fully saturated rings. The van der Waals surface area contributed by atoms with E-state index in [-0.39, 0.29) is 12.6 Å². The molecule has 4 nitrogen and oxygen atoms in total. The van der Waals surface area contributed by atoms with Crippen LogP contribution in [0, 0.1) is 0 Å². The topological polar surface area (TPSA) is 44.7 Å². The lowest BCUT2D eigenvalue weighted by Crippen LogP contribution is -2.41. The summed E-state index contributed by atoms with van der Waals surface area (Å²) in [6.45, 7) is 10.4. The Morgan fingerprint density at radius 3 is 2.47 bits per heavy atom. The number of rotatable bonds is 11. The van der Waals surface area contributed by atoms with Crippen molar-refractivity contribution in [1.29, 1.82) is 0 Å². The molecule has 2 N–H and O–H groups in total. The van der Waals surface area contributed by atoms with Crippen molar-refractivity contribution in [3.8, 4) is 0 Å². The summed E-state index contributed by atoms with van der Waals surface area (Å²) >= 11 is 0. The molecule has 2 atom stereocenters. The van der Waals surface area contributed by atoms with Crippen molar-refractivity contribution in [1.82, 2.24) is 10.2 Å². The van der Waals surface area contributed by atoms with E-state index in [0.717, 1.165) is 39.1 Å². The van der Waals surface area contributed by atoms with Gasteiger partial charge in [-0.15, -0.1) is 0 Å². The summed E-state index contributed by atoms with van der Waals surface area (Å²) in [5, 5.41) is 12.5. The molecule has 0 heterocycles. The molecular weight excluding hydrogens is 216 g/mol. The Balaban J connectivity index is 4.03. The predicted octanol–water partition coefficient (Wildman–Crippen LogP) is 1.09. The highest BCUT2D eigenvalue weighted by atomic mass is 16.5. The van der Waals surface area contributed by atoms with E-state index in [1.165, 1.54) is 0 Å². The lowest BCUT2D eigenvalue weighted by atomic mass is 10.1. The average molecular weight is 246 g/mol. The van der Waals surface area contributed by atoms with Gasteiger partial charge in [0.25, 0.3) is 0 Å². The van der Waals surface area contributed by atoms with Crippen LogP contribution in [0.2, 0.25) is 0 Å². The zero-order valence-corrected chi connectivity index (χ0v) is 11.9. The number of nitrogens with zero attached hydrogens (tertiary/aromatic N) is 1. The van der Waals surface area contributed by atoms with Gasteiger partial charge in [-0.1, -0.05) is 13.8 Å². The van der Waals surface area contributed by atoms with Gasteiger partial charge in [-0.2, -0.15) is 0 Å². The van der Waals surface area contributed by atoms with E-state index >= 15 is 0 Å². The van der Waals surface area contributed by atoms with Gasteiger partial charge in [-0.25, -0.2) is 0 Å². The third kappa shape index (κ3) is 7.71. The van der Waals surface area contributed by atoms with E-state index < -0.39 is 0 Å². The molecule has 0 aliphatic carbocycles. The van der Waals surface area contributed by atoms with Crippen molar-refractivity contribution >= 4 is 0 Å². The van der Waals surface area contributed by atoms with E-state index in [1.807, 2.05) is 0 Å². The molecule has 0 rings (SSSR count). The molecule has 17 heavy (non-hydrogen) atoms. The SMILES string of the molecule is CCNC(CO)CCN(CCOC)C(C)CC. The van der Waals surface area contributed by atoms with Crippen molar-refractivity contribution in [3.05, 3.63) is 0 Å². The molecule has 0 radical (unpaired) electrons. The Labute approximate surface area is 106 Å². The minimum Gasteiger partial charge on any atom is -0.395 e. The van der Waals surface area contributed by atoms with Crippen molar-refractivity contribution in [2.75, 3.05) is 40.0 Å². The summed E-state index contributed by atoms with van der Waals surface area (Å²) in [5.74, 6) is 0. The molecule has 0 aromatic rings. The fraction of sp³-hybridized carbons (Fsp3) is 1.00. The third-order valence-corrected chi connectivity index (χ3v) is 3.27. The summed E-state index contributed by atoms with van der Waals surface area (Å²) in [4.78, 5) is 2.43. The fourth-order valence-corrected chi connectivity index (χ4v) is 1.89.